The average molecular weight is 722 g/mol. The third-order valence-corrected chi connectivity index (χ3v) is 10.4. The number of hydrogen-bond donors (Lipinski definition) is 4. The van der Waals surface area contributed by atoms with Gasteiger partial charge < -0.3 is 25.6 Å². The number of rotatable bonds is 18. The van der Waals surface area contributed by atoms with Crippen LogP contribution >= 0.6 is 0 Å². The quantitative estimate of drug-likeness (QED) is 0.139. The van der Waals surface area contributed by atoms with Crippen molar-refractivity contribution in [1.29, 1.82) is 0 Å². The van der Waals surface area contributed by atoms with Crippen LogP contribution in [0.15, 0.2) is 89.8 Å². The SMILES string of the molecule is COC(=O)N[C@H](C(=O)N[C@@H](CCC[C@@H](CO)N(CCC(C)C)S(=O)(=O)c1ccc(CO)cc1)C(F)(F)F)C(c1ccccc1)c1ccccc1. The lowest BCUT2D eigenvalue weighted by Crippen LogP contribution is -2.55. The number of alkyl halides is 3. The Kier molecular flexibility index (Phi) is 15.3. The van der Waals surface area contributed by atoms with E-state index in [2.05, 4.69) is 10.6 Å². The van der Waals surface area contributed by atoms with Crippen molar-refractivity contribution in [1.82, 2.24) is 14.9 Å². The Morgan fingerprint density at radius 1 is 0.840 bits per heavy atom. The van der Waals surface area contributed by atoms with Gasteiger partial charge in [0.1, 0.15) is 12.1 Å². The van der Waals surface area contributed by atoms with Crippen LogP contribution in [0.4, 0.5) is 18.0 Å². The van der Waals surface area contributed by atoms with E-state index in [1.807, 2.05) is 13.8 Å². The molecule has 2 amide bonds. The van der Waals surface area contributed by atoms with E-state index in [0.29, 0.717) is 23.1 Å². The molecule has 50 heavy (non-hydrogen) atoms. The normalized spacial score (nSPS) is 14.0. The number of amides is 2. The third-order valence-electron chi connectivity index (χ3n) is 8.39. The van der Waals surface area contributed by atoms with E-state index in [0.717, 1.165) is 11.4 Å². The van der Waals surface area contributed by atoms with Crippen LogP contribution in [-0.4, -0.2) is 79.5 Å². The number of benzene rings is 3. The van der Waals surface area contributed by atoms with Crippen molar-refractivity contribution in [3.63, 3.8) is 0 Å². The van der Waals surface area contributed by atoms with Crippen molar-refractivity contribution < 1.29 is 46.1 Å². The Labute approximate surface area is 291 Å². The number of nitrogens with one attached hydrogen (secondary N) is 2. The monoisotopic (exact) mass is 721 g/mol. The maximum Gasteiger partial charge on any atom is 0.408 e. The van der Waals surface area contributed by atoms with Crippen molar-refractivity contribution >= 4 is 22.0 Å². The molecule has 3 atom stereocenters. The minimum Gasteiger partial charge on any atom is -0.453 e. The molecule has 14 heteroatoms. The molecule has 0 saturated carbocycles. The number of nitrogens with zero attached hydrogens (tertiary/aromatic N) is 1. The Morgan fingerprint density at radius 3 is 1.86 bits per heavy atom. The van der Waals surface area contributed by atoms with Crippen molar-refractivity contribution in [3.8, 4) is 0 Å². The van der Waals surface area contributed by atoms with Gasteiger partial charge in [-0.2, -0.15) is 17.5 Å². The summed E-state index contributed by atoms with van der Waals surface area (Å²) in [5.41, 5.74) is 1.64. The molecular formula is C36H46F3N3O7S. The fourth-order valence-corrected chi connectivity index (χ4v) is 7.30. The molecule has 0 radical (unpaired) electrons. The number of aliphatic hydroxyl groups excluding tert-OH is 2. The van der Waals surface area contributed by atoms with E-state index in [4.69, 9.17) is 4.74 Å². The average Bonchev–Trinajstić information content (AvgIpc) is 3.10. The summed E-state index contributed by atoms with van der Waals surface area (Å²) in [6, 6.07) is 17.8. The minimum absolute atomic E-state index is 0.0215. The van der Waals surface area contributed by atoms with Crippen molar-refractivity contribution in [2.45, 2.75) is 81.3 Å². The number of methoxy groups -OCH3 is 1. The molecule has 0 fully saturated rings. The van der Waals surface area contributed by atoms with Gasteiger partial charge in [0.05, 0.1) is 25.2 Å². The second-order valence-corrected chi connectivity index (χ2v) is 14.3. The van der Waals surface area contributed by atoms with Crippen LogP contribution in [0, 0.1) is 5.92 Å². The summed E-state index contributed by atoms with van der Waals surface area (Å²) in [7, 11) is -3.09. The van der Waals surface area contributed by atoms with Gasteiger partial charge in [0.15, 0.2) is 0 Å². The summed E-state index contributed by atoms with van der Waals surface area (Å²) in [5, 5.41) is 24.2. The first kappa shape index (κ1) is 40.4. The number of hydrogen-bond acceptors (Lipinski definition) is 7. The van der Waals surface area contributed by atoms with Gasteiger partial charge in [-0.3, -0.25) is 4.79 Å². The lowest BCUT2D eigenvalue weighted by Gasteiger charge is -2.32. The molecule has 0 heterocycles. The van der Waals surface area contributed by atoms with Crippen molar-refractivity contribution in [3.05, 3.63) is 102 Å². The minimum atomic E-state index is -4.90. The molecule has 0 saturated heterocycles. The van der Waals surface area contributed by atoms with Crippen LogP contribution in [0.1, 0.15) is 62.1 Å². The van der Waals surface area contributed by atoms with Crippen LogP contribution < -0.4 is 10.6 Å². The highest BCUT2D eigenvalue weighted by molar-refractivity contribution is 7.89. The molecule has 274 valence electrons. The van der Waals surface area contributed by atoms with E-state index >= 15 is 0 Å². The van der Waals surface area contributed by atoms with Gasteiger partial charge in [-0.15, -0.1) is 0 Å². The Hall–Kier alpha value is -3.98. The van der Waals surface area contributed by atoms with Gasteiger partial charge in [0.25, 0.3) is 0 Å². The number of alkyl carbamates (subject to hydrolysis) is 1. The molecule has 0 aliphatic carbocycles. The van der Waals surface area contributed by atoms with E-state index in [9.17, 15) is 41.4 Å². The Balaban J connectivity index is 1.87. The summed E-state index contributed by atoms with van der Waals surface area (Å²) in [6.45, 7) is 2.89. The van der Waals surface area contributed by atoms with E-state index in [1.54, 1.807) is 60.7 Å². The number of halogens is 3. The topological polar surface area (TPSA) is 145 Å². The molecule has 4 N–H and O–H groups in total. The third kappa shape index (κ3) is 11.3. The highest BCUT2D eigenvalue weighted by Crippen LogP contribution is 2.31. The van der Waals surface area contributed by atoms with Gasteiger partial charge in [-0.1, -0.05) is 86.6 Å². The number of carbonyl (C=O) groups excluding carboxylic acids is 2. The van der Waals surface area contributed by atoms with E-state index in [1.165, 1.54) is 24.3 Å². The van der Waals surface area contributed by atoms with Crippen LogP contribution in [0.3, 0.4) is 0 Å². The maximum absolute atomic E-state index is 14.5. The van der Waals surface area contributed by atoms with Gasteiger partial charge in [0, 0.05) is 18.5 Å². The number of aliphatic hydroxyl groups is 2. The first-order valence-electron chi connectivity index (χ1n) is 16.4. The van der Waals surface area contributed by atoms with E-state index < -0.39 is 65.3 Å². The standard InChI is InChI=1S/C36H46F3N3O7S/c1-25(2)21-22-42(50(47,48)30-19-17-26(23-43)18-20-30)29(24-44)15-10-16-31(36(37,38)39)40-34(45)33(41-35(46)49-3)32(27-11-6-4-7-12-27)28-13-8-5-9-14-28/h4-9,11-14,17-20,25,29,31-33,43-44H,10,15-16,21-24H2,1-3H3,(H,40,45)(H,41,46)/t29-,31-,33-/m0/s1. The molecule has 0 aliphatic rings. The number of carbonyl (C=O) groups is 2. The van der Waals surface area contributed by atoms with Crippen molar-refractivity contribution in [2.24, 2.45) is 5.92 Å². The Morgan fingerprint density at radius 2 is 1.40 bits per heavy atom. The molecule has 0 aromatic heterocycles. The molecule has 10 nitrogen and oxygen atoms in total. The second-order valence-electron chi connectivity index (χ2n) is 12.4. The molecule has 3 aromatic rings. The lowest BCUT2D eigenvalue weighted by molar-refractivity contribution is -0.164. The summed E-state index contributed by atoms with van der Waals surface area (Å²) in [4.78, 5) is 26.1. The summed E-state index contributed by atoms with van der Waals surface area (Å²) in [5.74, 6) is -1.88. The molecule has 3 rings (SSSR count). The summed E-state index contributed by atoms with van der Waals surface area (Å²) in [6.07, 6.45) is -6.43. The van der Waals surface area contributed by atoms with Crippen LogP contribution in [0.25, 0.3) is 0 Å². The zero-order valence-corrected chi connectivity index (χ0v) is 29.2. The van der Waals surface area contributed by atoms with E-state index in [-0.39, 0.29) is 36.8 Å². The molecular weight excluding hydrogens is 675 g/mol. The first-order chi connectivity index (χ1) is 23.7. The smallest absolute Gasteiger partial charge is 0.408 e. The van der Waals surface area contributed by atoms with Gasteiger partial charge in [-0.05, 0) is 60.4 Å². The Bertz CT molecular complexity index is 1550. The first-order valence-corrected chi connectivity index (χ1v) is 17.8. The summed E-state index contributed by atoms with van der Waals surface area (Å²) < 4.78 is 76.6. The fourth-order valence-electron chi connectivity index (χ4n) is 5.63. The predicted molar refractivity (Wildman–Crippen MR) is 182 cm³/mol. The number of ether oxygens (including phenoxy) is 1. The maximum atomic E-state index is 14.5. The predicted octanol–water partition coefficient (Wildman–Crippen LogP) is 5.35. The summed E-state index contributed by atoms with van der Waals surface area (Å²) >= 11 is 0. The van der Waals surface area contributed by atoms with Crippen LogP contribution in [0.5, 0.6) is 0 Å². The molecule has 3 aromatic carbocycles. The largest absolute Gasteiger partial charge is 0.453 e. The van der Waals surface area contributed by atoms with Gasteiger partial charge >= 0.3 is 12.3 Å². The second kappa shape index (κ2) is 18.9. The highest BCUT2D eigenvalue weighted by Gasteiger charge is 2.43. The van der Waals surface area contributed by atoms with Gasteiger partial charge in [0.2, 0.25) is 15.9 Å². The fraction of sp³-hybridized carbons (Fsp3) is 0.444. The molecule has 0 spiro atoms. The van der Waals surface area contributed by atoms with Crippen LogP contribution in [0.2, 0.25) is 0 Å². The zero-order chi connectivity index (χ0) is 36.9. The lowest BCUT2D eigenvalue weighted by atomic mass is 9.84. The van der Waals surface area contributed by atoms with Crippen LogP contribution in [-0.2, 0) is 26.2 Å². The van der Waals surface area contributed by atoms with Gasteiger partial charge in [-0.25, -0.2) is 13.2 Å². The molecule has 0 aliphatic heterocycles. The zero-order valence-electron chi connectivity index (χ0n) is 28.3. The highest BCUT2D eigenvalue weighted by atomic mass is 32.2. The van der Waals surface area contributed by atoms with Crippen molar-refractivity contribution in [2.75, 3.05) is 20.3 Å². The molecule has 0 bridgehead atoms. The molecule has 0 unspecified atom stereocenters. The number of sulfonamides is 1.